The Morgan fingerprint density at radius 3 is 2.57 bits per heavy atom. The largest absolute Gasteiger partial charge is 0.356 e. The van der Waals surface area contributed by atoms with Crippen molar-refractivity contribution in [1.29, 1.82) is 0 Å². The van der Waals surface area contributed by atoms with Gasteiger partial charge in [-0.1, -0.05) is 15.9 Å². The van der Waals surface area contributed by atoms with E-state index >= 15 is 0 Å². The summed E-state index contributed by atoms with van der Waals surface area (Å²) < 4.78 is 0.959. The molecule has 150 valence electrons. The number of amides is 2. The summed E-state index contributed by atoms with van der Waals surface area (Å²) in [4.78, 5) is 31.3. The highest BCUT2D eigenvalue weighted by Gasteiger charge is 2.27. The Labute approximate surface area is 178 Å². The fourth-order valence-corrected chi connectivity index (χ4v) is 4.48. The van der Waals surface area contributed by atoms with Gasteiger partial charge in [-0.3, -0.25) is 9.59 Å². The first-order valence-electron chi connectivity index (χ1n) is 9.76. The van der Waals surface area contributed by atoms with Crippen LogP contribution in [-0.2, 0) is 11.2 Å². The molecule has 2 aromatic rings. The van der Waals surface area contributed by atoms with Crippen molar-refractivity contribution in [2.45, 2.75) is 39.0 Å². The van der Waals surface area contributed by atoms with Crippen LogP contribution in [0.15, 0.2) is 34.1 Å². The van der Waals surface area contributed by atoms with Crippen molar-refractivity contribution >= 4 is 39.1 Å². The molecule has 28 heavy (non-hydrogen) atoms. The van der Waals surface area contributed by atoms with Gasteiger partial charge in [-0.05, 0) is 63.3 Å². The van der Waals surface area contributed by atoms with Crippen molar-refractivity contribution in [2.24, 2.45) is 5.92 Å². The summed E-state index contributed by atoms with van der Waals surface area (Å²) in [7, 11) is 0. The Hall–Kier alpha value is -1.73. The summed E-state index contributed by atoms with van der Waals surface area (Å²) >= 11 is 5.09. The van der Waals surface area contributed by atoms with E-state index in [2.05, 4.69) is 31.6 Å². The first-order valence-corrected chi connectivity index (χ1v) is 11.4. The molecule has 1 aromatic carbocycles. The van der Waals surface area contributed by atoms with Crippen LogP contribution in [0.4, 0.5) is 0 Å². The second-order valence-electron chi connectivity index (χ2n) is 7.20. The number of halogens is 1. The molecule has 3 rings (SSSR count). The van der Waals surface area contributed by atoms with Crippen molar-refractivity contribution in [3.63, 3.8) is 0 Å². The first-order chi connectivity index (χ1) is 13.5. The smallest absolute Gasteiger partial charge is 0.253 e. The third-order valence-corrected chi connectivity index (χ3v) is 6.58. The van der Waals surface area contributed by atoms with E-state index in [1.54, 1.807) is 11.3 Å². The highest BCUT2D eigenvalue weighted by molar-refractivity contribution is 9.10. The number of piperidine rings is 1. The number of unbranched alkanes of at least 4 members (excludes halogenated alkanes) is 1. The van der Waals surface area contributed by atoms with E-state index in [0.29, 0.717) is 25.2 Å². The van der Waals surface area contributed by atoms with Crippen molar-refractivity contribution in [3.05, 3.63) is 50.4 Å². The molecule has 1 fully saturated rings. The topological polar surface area (TPSA) is 62.3 Å². The lowest BCUT2D eigenvalue weighted by Gasteiger charge is -2.31. The monoisotopic (exact) mass is 463 g/mol. The van der Waals surface area contributed by atoms with Gasteiger partial charge in [0.15, 0.2) is 0 Å². The molecule has 0 atom stereocenters. The highest BCUT2D eigenvalue weighted by atomic mass is 79.9. The standard InChI is InChI=1S/C21H26BrN3O2S/c1-15-14-28-19(24-15)4-2-3-11-23-20(26)16-9-12-25(13-10-16)21(27)17-5-7-18(22)8-6-17/h5-8,14,16H,2-4,9-13H2,1H3,(H,23,26). The number of hydrogen-bond acceptors (Lipinski definition) is 4. The van der Waals surface area contributed by atoms with Crippen LogP contribution < -0.4 is 5.32 Å². The second-order valence-corrected chi connectivity index (χ2v) is 9.06. The Bertz CT molecular complexity index is 798. The van der Waals surface area contributed by atoms with Gasteiger partial charge in [-0.2, -0.15) is 0 Å². The Morgan fingerprint density at radius 1 is 1.21 bits per heavy atom. The van der Waals surface area contributed by atoms with E-state index in [1.165, 1.54) is 5.01 Å². The molecular formula is C21H26BrN3O2S. The molecule has 7 heteroatoms. The van der Waals surface area contributed by atoms with Gasteiger partial charge in [-0.25, -0.2) is 4.98 Å². The van der Waals surface area contributed by atoms with Crippen LogP contribution in [0.1, 0.15) is 46.7 Å². The lowest BCUT2D eigenvalue weighted by Crippen LogP contribution is -2.43. The normalized spacial score (nSPS) is 14.9. The third-order valence-electron chi connectivity index (χ3n) is 5.03. The van der Waals surface area contributed by atoms with Gasteiger partial charge in [0.25, 0.3) is 5.91 Å². The molecule has 0 aliphatic carbocycles. The number of benzene rings is 1. The average Bonchev–Trinajstić information content (AvgIpc) is 3.13. The van der Waals surface area contributed by atoms with Gasteiger partial charge in [-0.15, -0.1) is 11.3 Å². The fraction of sp³-hybridized carbons (Fsp3) is 0.476. The number of carbonyl (C=O) groups excluding carboxylic acids is 2. The predicted molar refractivity (Wildman–Crippen MR) is 116 cm³/mol. The number of thiazole rings is 1. The van der Waals surface area contributed by atoms with E-state index in [1.807, 2.05) is 36.1 Å². The molecule has 1 aromatic heterocycles. The SMILES string of the molecule is Cc1csc(CCCCNC(=O)C2CCN(C(=O)c3ccc(Br)cc3)CC2)n1. The Kier molecular flexibility index (Phi) is 7.62. The molecule has 0 saturated carbocycles. The van der Waals surface area contributed by atoms with Crippen LogP contribution in [0.2, 0.25) is 0 Å². The number of hydrogen-bond donors (Lipinski definition) is 1. The summed E-state index contributed by atoms with van der Waals surface area (Å²) in [5.41, 5.74) is 1.78. The van der Waals surface area contributed by atoms with E-state index in [0.717, 1.165) is 42.3 Å². The summed E-state index contributed by atoms with van der Waals surface area (Å²) in [6, 6.07) is 7.42. The zero-order valence-electron chi connectivity index (χ0n) is 16.1. The summed E-state index contributed by atoms with van der Waals surface area (Å²) in [5, 5.41) is 6.31. The lowest BCUT2D eigenvalue weighted by molar-refractivity contribution is -0.126. The Morgan fingerprint density at radius 2 is 1.93 bits per heavy atom. The summed E-state index contributed by atoms with van der Waals surface area (Å²) in [6.45, 7) is 3.99. The predicted octanol–water partition coefficient (Wildman–Crippen LogP) is 4.21. The van der Waals surface area contributed by atoms with E-state index in [-0.39, 0.29) is 17.7 Å². The molecule has 0 radical (unpaired) electrons. The van der Waals surface area contributed by atoms with Crippen LogP contribution in [0.25, 0.3) is 0 Å². The fourth-order valence-electron chi connectivity index (χ4n) is 3.39. The van der Waals surface area contributed by atoms with Crippen LogP contribution in [-0.4, -0.2) is 41.3 Å². The summed E-state index contributed by atoms with van der Waals surface area (Å²) in [5.74, 6) is 0.181. The molecular weight excluding hydrogens is 438 g/mol. The average molecular weight is 464 g/mol. The maximum Gasteiger partial charge on any atom is 0.253 e. The molecule has 0 spiro atoms. The maximum atomic E-state index is 12.6. The molecule has 1 saturated heterocycles. The third kappa shape index (κ3) is 5.88. The van der Waals surface area contributed by atoms with Crippen molar-refractivity contribution in [2.75, 3.05) is 19.6 Å². The van der Waals surface area contributed by atoms with Gasteiger partial charge in [0, 0.05) is 46.7 Å². The van der Waals surface area contributed by atoms with Gasteiger partial charge in [0.2, 0.25) is 5.91 Å². The number of aromatic nitrogens is 1. The van der Waals surface area contributed by atoms with E-state index in [9.17, 15) is 9.59 Å². The minimum atomic E-state index is 0.00980. The Balaban J connectivity index is 1.34. The molecule has 2 heterocycles. The number of nitrogens with zero attached hydrogens (tertiary/aromatic N) is 2. The number of carbonyl (C=O) groups is 2. The molecule has 1 aliphatic rings. The highest BCUT2D eigenvalue weighted by Crippen LogP contribution is 2.20. The number of aryl methyl sites for hydroxylation is 2. The van der Waals surface area contributed by atoms with Crippen molar-refractivity contribution < 1.29 is 9.59 Å². The zero-order valence-corrected chi connectivity index (χ0v) is 18.5. The number of nitrogens with one attached hydrogen (secondary N) is 1. The zero-order chi connectivity index (χ0) is 19.9. The minimum absolute atomic E-state index is 0.00980. The number of likely N-dealkylation sites (tertiary alicyclic amines) is 1. The quantitative estimate of drug-likeness (QED) is 0.625. The van der Waals surface area contributed by atoms with Gasteiger partial charge in [0.05, 0.1) is 5.01 Å². The van der Waals surface area contributed by atoms with Crippen molar-refractivity contribution in [1.82, 2.24) is 15.2 Å². The van der Waals surface area contributed by atoms with Crippen LogP contribution >= 0.6 is 27.3 Å². The van der Waals surface area contributed by atoms with Crippen molar-refractivity contribution in [3.8, 4) is 0 Å². The van der Waals surface area contributed by atoms with Gasteiger partial charge >= 0.3 is 0 Å². The minimum Gasteiger partial charge on any atom is -0.356 e. The van der Waals surface area contributed by atoms with Crippen LogP contribution in [0.5, 0.6) is 0 Å². The molecule has 1 aliphatic heterocycles. The maximum absolute atomic E-state index is 12.6. The molecule has 1 N–H and O–H groups in total. The number of rotatable bonds is 7. The molecule has 2 amide bonds. The van der Waals surface area contributed by atoms with Crippen LogP contribution in [0.3, 0.4) is 0 Å². The van der Waals surface area contributed by atoms with Gasteiger partial charge < -0.3 is 10.2 Å². The molecule has 0 bridgehead atoms. The van der Waals surface area contributed by atoms with E-state index in [4.69, 9.17) is 0 Å². The summed E-state index contributed by atoms with van der Waals surface area (Å²) in [6.07, 6.45) is 4.43. The van der Waals surface area contributed by atoms with Gasteiger partial charge in [0.1, 0.15) is 0 Å². The molecule has 5 nitrogen and oxygen atoms in total. The van der Waals surface area contributed by atoms with E-state index < -0.39 is 0 Å². The molecule has 0 unspecified atom stereocenters. The lowest BCUT2D eigenvalue weighted by atomic mass is 9.95. The van der Waals surface area contributed by atoms with Crippen LogP contribution in [0, 0.1) is 12.8 Å². The second kappa shape index (κ2) is 10.2. The first kappa shape index (κ1) is 21.0.